The van der Waals surface area contributed by atoms with Crippen molar-refractivity contribution < 1.29 is 19.1 Å². The van der Waals surface area contributed by atoms with E-state index in [9.17, 15) is 9.59 Å². The predicted molar refractivity (Wildman–Crippen MR) is 90.0 cm³/mol. The number of amides is 1. The summed E-state index contributed by atoms with van der Waals surface area (Å²) in [4.78, 5) is 25.6. The van der Waals surface area contributed by atoms with Crippen LogP contribution in [-0.4, -0.2) is 24.8 Å². The van der Waals surface area contributed by atoms with Crippen LogP contribution in [0.3, 0.4) is 0 Å². The Hall–Kier alpha value is -2.82. The van der Waals surface area contributed by atoms with Crippen LogP contribution in [0.25, 0.3) is 0 Å². The first kappa shape index (κ1) is 16.1. The Bertz CT molecular complexity index is 662. The lowest BCUT2D eigenvalue weighted by atomic mass is 10.1. The molecule has 24 heavy (non-hydrogen) atoms. The van der Waals surface area contributed by atoms with Crippen LogP contribution in [0.5, 0.6) is 0 Å². The van der Waals surface area contributed by atoms with E-state index in [2.05, 4.69) is 0 Å². The van der Waals surface area contributed by atoms with Crippen LogP contribution < -0.4 is 4.90 Å². The van der Waals surface area contributed by atoms with E-state index in [0.717, 1.165) is 0 Å². The Kier molecular flexibility index (Phi) is 4.79. The summed E-state index contributed by atoms with van der Waals surface area (Å²) in [6, 6.07) is 18.6. The number of carbonyl (C=O) groups is 2. The van der Waals surface area contributed by atoms with Crippen LogP contribution in [0.15, 0.2) is 60.7 Å². The van der Waals surface area contributed by atoms with Gasteiger partial charge in [-0.3, -0.25) is 4.79 Å². The lowest BCUT2D eigenvalue weighted by Crippen LogP contribution is -2.29. The molecule has 0 N–H and O–H groups in total. The molecule has 2 aromatic rings. The van der Waals surface area contributed by atoms with Crippen LogP contribution >= 0.6 is 0 Å². The zero-order valence-corrected chi connectivity index (χ0v) is 13.4. The molecule has 0 spiro atoms. The number of benzene rings is 2. The van der Waals surface area contributed by atoms with Gasteiger partial charge in [0.2, 0.25) is 0 Å². The molecule has 1 aliphatic heterocycles. The van der Waals surface area contributed by atoms with Crippen LogP contribution in [0, 0.1) is 5.92 Å². The third-order valence-electron chi connectivity index (χ3n) is 3.91. The fraction of sp³-hybridized carbons (Fsp3) is 0.263. The fourth-order valence-corrected chi connectivity index (χ4v) is 2.66. The summed E-state index contributed by atoms with van der Waals surface area (Å²) in [5, 5.41) is 0. The van der Waals surface area contributed by atoms with Crippen molar-refractivity contribution in [1.29, 1.82) is 0 Å². The molecule has 2 unspecified atom stereocenters. The molecule has 1 aliphatic rings. The number of esters is 1. The third kappa shape index (κ3) is 3.56. The first-order chi connectivity index (χ1) is 11.6. The van der Waals surface area contributed by atoms with E-state index in [1.54, 1.807) is 0 Å². The Morgan fingerprint density at radius 3 is 2.08 bits per heavy atom. The lowest BCUT2D eigenvalue weighted by Gasteiger charge is -2.23. The number of hydrogen-bond acceptors (Lipinski definition) is 4. The van der Waals surface area contributed by atoms with Crippen LogP contribution in [0.2, 0.25) is 0 Å². The summed E-state index contributed by atoms with van der Waals surface area (Å²) in [6.45, 7) is 1.87. The minimum Gasteiger partial charge on any atom is -0.458 e. The lowest BCUT2D eigenvalue weighted by molar-refractivity contribution is -0.145. The molecule has 1 heterocycles. The molecule has 0 aromatic heterocycles. The van der Waals surface area contributed by atoms with Gasteiger partial charge in [0, 0.05) is 6.42 Å². The minimum absolute atomic E-state index is 0.0606. The van der Waals surface area contributed by atoms with Crippen molar-refractivity contribution in [3.8, 4) is 0 Å². The SMILES string of the molecule is CC1CC(COC(=O)N(c2ccccc2)c2ccccc2)OC1=O. The van der Waals surface area contributed by atoms with Gasteiger partial charge in [0.25, 0.3) is 0 Å². The minimum atomic E-state index is -0.497. The molecule has 0 aliphatic carbocycles. The number of ether oxygens (including phenoxy) is 2. The van der Waals surface area contributed by atoms with Gasteiger partial charge in [-0.1, -0.05) is 43.3 Å². The third-order valence-corrected chi connectivity index (χ3v) is 3.91. The van der Waals surface area contributed by atoms with Gasteiger partial charge in [0.15, 0.2) is 0 Å². The van der Waals surface area contributed by atoms with Crippen LogP contribution in [0.4, 0.5) is 16.2 Å². The predicted octanol–water partition coefficient (Wildman–Crippen LogP) is 3.91. The van der Waals surface area contributed by atoms with Crippen molar-refractivity contribution >= 4 is 23.4 Å². The fourth-order valence-electron chi connectivity index (χ4n) is 2.66. The summed E-state index contributed by atoms with van der Waals surface area (Å²) in [5.74, 6) is -0.382. The standard InChI is InChI=1S/C19H19NO4/c1-14-12-17(24-18(14)21)13-23-19(22)20(15-8-4-2-5-9-15)16-10-6-3-7-11-16/h2-11,14,17H,12-13H2,1H3. The molecule has 0 saturated carbocycles. The normalized spacial score (nSPS) is 19.6. The van der Waals surface area contributed by atoms with E-state index < -0.39 is 6.09 Å². The second-order valence-electron chi connectivity index (χ2n) is 5.78. The van der Waals surface area contributed by atoms with Gasteiger partial charge >= 0.3 is 12.1 Å². The van der Waals surface area contributed by atoms with E-state index in [4.69, 9.17) is 9.47 Å². The molecule has 124 valence electrons. The van der Waals surface area contributed by atoms with Gasteiger partial charge in [0.1, 0.15) is 12.7 Å². The zero-order valence-electron chi connectivity index (χ0n) is 13.4. The molecule has 0 bridgehead atoms. The largest absolute Gasteiger partial charge is 0.458 e. The van der Waals surface area contributed by atoms with Gasteiger partial charge in [-0.25, -0.2) is 9.69 Å². The molecule has 1 fully saturated rings. The Balaban J connectivity index is 1.74. The van der Waals surface area contributed by atoms with Gasteiger partial charge in [-0.2, -0.15) is 0 Å². The number of carbonyl (C=O) groups excluding carboxylic acids is 2. The first-order valence-corrected chi connectivity index (χ1v) is 7.92. The Morgan fingerprint density at radius 2 is 1.62 bits per heavy atom. The number of anilines is 2. The number of nitrogens with zero attached hydrogens (tertiary/aromatic N) is 1. The first-order valence-electron chi connectivity index (χ1n) is 7.92. The molecule has 5 nitrogen and oxygen atoms in total. The van der Waals surface area contributed by atoms with Gasteiger partial charge in [0.05, 0.1) is 17.3 Å². The van der Waals surface area contributed by atoms with E-state index in [0.29, 0.717) is 17.8 Å². The molecular weight excluding hydrogens is 306 g/mol. The molecule has 2 aromatic carbocycles. The van der Waals surface area contributed by atoms with Crippen molar-refractivity contribution in [1.82, 2.24) is 0 Å². The van der Waals surface area contributed by atoms with E-state index in [1.165, 1.54) is 4.90 Å². The molecule has 5 heteroatoms. The molecule has 0 radical (unpaired) electrons. The monoisotopic (exact) mass is 325 g/mol. The zero-order chi connectivity index (χ0) is 16.9. The number of cyclic esters (lactones) is 1. The highest BCUT2D eigenvalue weighted by Gasteiger charge is 2.32. The van der Waals surface area contributed by atoms with Crippen molar-refractivity contribution in [2.75, 3.05) is 11.5 Å². The van der Waals surface area contributed by atoms with Gasteiger partial charge < -0.3 is 9.47 Å². The maximum absolute atomic E-state index is 12.6. The second-order valence-corrected chi connectivity index (χ2v) is 5.78. The number of para-hydroxylation sites is 2. The molecule has 1 amide bonds. The van der Waals surface area contributed by atoms with Gasteiger partial charge in [-0.15, -0.1) is 0 Å². The number of rotatable bonds is 4. The van der Waals surface area contributed by atoms with E-state index in [1.807, 2.05) is 67.6 Å². The summed E-state index contributed by atoms with van der Waals surface area (Å²) in [5.41, 5.74) is 1.43. The van der Waals surface area contributed by atoms with E-state index >= 15 is 0 Å². The quantitative estimate of drug-likeness (QED) is 0.800. The van der Waals surface area contributed by atoms with Crippen molar-refractivity contribution in [2.24, 2.45) is 5.92 Å². The van der Waals surface area contributed by atoms with Crippen molar-refractivity contribution in [2.45, 2.75) is 19.4 Å². The molecular formula is C19H19NO4. The second kappa shape index (κ2) is 7.17. The smallest absolute Gasteiger partial charge is 0.419 e. The summed E-state index contributed by atoms with van der Waals surface area (Å²) >= 11 is 0. The average Bonchev–Trinajstić information content (AvgIpc) is 2.93. The Morgan fingerprint density at radius 1 is 1.08 bits per heavy atom. The highest BCUT2D eigenvalue weighted by molar-refractivity contribution is 5.95. The highest BCUT2D eigenvalue weighted by Crippen LogP contribution is 2.26. The van der Waals surface area contributed by atoms with Crippen molar-refractivity contribution in [3.05, 3.63) is 60.7 Å². The Labute approximate surface area is 140 Å². The summed E-state index contributed by atoms with van der Waals surface area (Å²) < 4.78 is 10.6. The summed E-state index contributed by atoms with van der Waals surface area (Å²) in [6.07, 6.45) is -0.296. The maximum atomic E-state index is 12.6. The highest BCUT2D eigenvalue weighted by atomic mass is 16.6. The summed E-state index contributed by atoms with van der Waals surface area (Å²) in [7, 11) is 0. The maximum Gasteiger partial charge on any atom is 0.419 e. The van der Waals surface area contributed by atoms with E-state index in [-0.39, 0.29) is 24.6 Å². The van der Waals surface area contributed by atoms with Crippen LogP contribution in [0.1, 0.15) is 13.3 Å². The van der Waals surface area contributed by atoms with Gasteiger partial charge in [-0.05, 0) is 24.3 Å². The van der Waals surface area contributed by atoms with Crippen molar-refractivity contribution in [3.63, 3.8) is 0 Å². The topological polar surface area (TPSA) is 55.8 Å². The average molecular weight is 325 g/mol. The number of hydrogen-bond donors (Lipinski definition) is 0. The van der Waals surface area contributed by atoms with Crippen LogP contribution in [-0.2, 0) is 14.3 Å². The molecule has 2 atom stereocenters. The molecule has 1 saturated heterocycles. The molecule has 3 rings (SSSR count).